The molecule has 0 saturated carbocycles. The summed E-state index contributed by atoms with van der Waals surface area (Å²) in [6.07, 6.45) is 0.512. The van der Waals surface area contributed by atoms with Gasteiger partial charge in [-0.3, -0.25) is 9.59 Å². The van der Waals surface area contributed by atoms with E-state index in [1.54, 1.807) is 44.2 Å². The number of fused-ring (bicyclic) bond motifs is 1. The molecule has 0 fully saturated rings. The Balaban J connectivity index is 1.57. The summed E-state index contributed by atoms with van der Waals surface area (Å²) in [6, 6.07) is 8.63. The van der Waals surface area contributed by atoms with E-state index >= 15 is 0 Å². The lowest BCUT2D eigenvalue weighted by atomic mass is 10.2. The first-order valence-electron chi connectivity index (χ1n) is 8.88. The molecule has 0 unspecified atom stereocenters. The van der Waals surface area contributed by atoms with Crippen molar-refractivity contribution in [1.82, 2.24) is 14.6 Å². The highest BCUT2D eigenvalue weighted by Crippen LogP contribution is 2.30. The molecule has 0 radical (unpaired) electrons. The molecule has 150 valence electrons. The second kappa shape index (κ2) is 8.38. The fourth-order valence-corrected chi connectivity index (χ4v) is 5.13. The topological polar surface area (TPSA) is 108 Å². The number of aromatic nitrogens is 1. The van der Waals surface area contributed by atoms with Gasteiger partial charge in [-0.2, -0.15) is 4.31 Å². The number of carbonyl (C=O) groups excluding carboxylic acids is 2. The summed E-state index contributed by atoms with van der Waals surface area (Å²) in [7, 11) is -3.32. The van der Waals surface area contributed by atoms with Crippen LogP contribution in [0.5, 0.6) is 0 Å². The van der Waals surface area contributed by atoms with E-state index in [-0.39, 0.29) is 24.9 Å². The van der Waals surface area contributed by atoms with E-state index in [1.807, 2.05) is 0 Å². The fraction of sp³-hybridized carbons (Fsp3) is 0.389. The maximum Gasteiger partial charge on any atom is 0.251 e. The molecule has 0 spiro atoms. The van der Waals surface area contributed by atoms with E-state index in [1.165, 1.54) is 15.6 Å². The lowest BCUT2D eigenvalue weighted by Crippen LogP contribution is -2.39. The molecule has 0 aliphatic carbocycles. The Morgan fingerprint density at radius 1 is 1.25 bits per heavy atom. The van der Waals surface area contributed by atoms with Gasteiger partial charge in [-0.1, -0.05) is 18.2 Å². The summed E-state index contributed by atoms with van der Waals surface area (Å²) < 4.78 is 26.2. The number of nitrogens with zero attached hydrogens (tertiary/aromatic N) is 2. The normalized spacial score (nSPS) is 14.5. The van der Waals surface area contributed by atoms with E-state index in [2.05, 4.69) is 15.6 Å². The molecule has 0 saturated heterocycles. The molecule has 2 amide bonds. The van der Waals surface area contributed by atoms with Crippen LogP contribution in [-0.4, -0.2) is 47.9 Å². The first kappa shape index (κ1) is 20.4. The molecule has 10 heteroatoms. The molecular weight excluding hydrogens is 400 g/mol. The van der Waals surface area contributed by atoms with Crippen molar-refractivity contribution in [3.8, 4) is 0 Å². The Morgan fingerprint density at radius 3 is 2.64 bits per heavy atom. The molecule has 8 nitrogen and oxygen atoms in total. The largest absolute Gasteiger partial charge is 0.343 e. The van der Waals surface area contributed by atoms with Crippen LogP contribution in [0.1, 0.15) is 34.8 Å². The highest BCUT2D eigenvalue weighted by atomic mass is 32.2. The van der Waals surface area contributed by atoms with Crippen molar-refractivity contribution in [2.75, 3.05) is 18.4 Å². The lowest BCUT2D eigenvalue weighted by Gasteiger charge is -2.26. The molecule has 0 atom stereocenters. The van der Waals surface area contributed by atoms with Gasteiger partial charge in [0, 0.05) is 30.0 Å². The number of benzene rings is 1. The minimum atomic E-state index is -3.32. The molecule has 1 aromatic carbocycles. The summed E-state index contributed by atoms with van der Waals surface area (Å²) in [6.45, 7) is 3.80. The number of thiazole rings is 1. The van der Waals surface area contributed by atoms with Crippen LogP contribution in [0.2, 0.25) is 0 Å². The van der Waals surface area contributed by atoms with Crippen molar-refractivity contribution >= 4 is 38.3 Å². The van der Waals surface area contributed by atoms with Crippen LogP contribution in [0.25, 0.3) is 0 Å². The summed E-state index contributed by atoms with van der Waals surface area (Å²) in [5.41, 5.74) is 1.29. The number of carbonyl (C=O) groups is 2. The SMILES string of the molecule is CC(C)S(=O)(=O)N1CCc2nc(NC(=O)CNC(=O)c3ccccc3)sc2C1. The smallest absolute Gasteiger partial charge is 0.251 e. The highest BCUT2D eigenvalue weighted by molar-refractivity contribution is 7.89. The molecule has 2 N–H and O–H groups in total. The monoisotopic (exact) mass is 422 g/mol. The molecule has 0 bridgehead atoms. The van der Waals surface area contributed by atoms with E-state index in [4.69, 9.17) is 0 Å². The Hall–Kier alpha value is -2.30. The standard InChI is InChI=1S/C18H22N4O4S2/c1-12(2)28(25,26)22-9-8-14-15(11-22)27-18(20-14)21-16(23)10-19-17(24)13-6-4-3-5-7-13/h3-7,12H,8-11H2,1-2H3,(H,19,24)(H,20,21,23). The van der Waals surface area contributed by atoms with Gasteiger partial charge in [-0.25, -0.2) is 13.4 Å². The van der Waals surface area contributed by atoms with Gasteiger partial charge in [0.25, 0.3) is 5.91 Å². The molecule has 1 aliphatic heterocycles. The first-order valence-corrected chi connectivity index (χ1v) is 11.2. The molecule has 28 heavy (non-hydrogen) atoms. The van der Waals surface area contributed by atoms with Crippen molar-refractivity contribution in [1.29, 1.82) is 0 Å². The lowest BCUT2D eigenvalue weighted by molar-refractivity contribution is -0.115. The predicted molar refractivity (Wildman–Crippen MR) is 108 cm³/mol. The number of hydrogen-bond acceptors (Lipinski definition) is 6. The maximum atomic E-state index is 12.3. The van der Waals surface area contributed by atoms with Gasteiger partial charge in [0.15, 0.2) is 5.13 Å². The van der Waals surface area contributed by atoms with Gasteiger partial charge in [0.2, 0.25) is 15.9 Å². The summed E-state index contributed by atoms with van der Waals surface area (Å²) >= 11 is 1.26. The van der Waals surface area contributed by atoms with Crippen LogP contribution in [0.3, 0.4) is 0 Å². The second-order valence-electron chi connectivity index (χ2n) is 6.66. The maximum absolute atomic E-state index is 12.3. The van der Waals surface area contributed by atoms with Crippen LogP contribution in [-0.2, 0) is 27.8 Å². The number of rotatable bonds is 6. The summed E-state index contributed by atoms with van der Waals surface area (Å²) in [5.74, 6) is -0.717. The molecule has 2 heterocycles. The van der Waals surface area contributed by atoms with Gasteiger partial charge >= 0.3 is 0 Å². The van der Waals surface area contributed by atoms with Crippen LogP contribution >= 0.6 is 11.3 Å². The zero-order valence-corrected chi connectivity index (χ0v) is 17.3. The average molecular weight is 423 g/mol. The Bertz CT molecular complexity index is 971. The second-order valence-corrected chi connectivity index (χ2v) is 10.2. The van der Waals surface area contributed by atoms with Crippen molar-refractivity contribution < 1.29 is 18.0 Å². The van der Waals surface area contributed by atoms with Crippen molar-refractivity contribution in [2.24, 2.45) is 0 Å². The van der Waals surface area contributed by atoms with E-state index in [0.29, 0.717) is 23.7 Å². The third kappa shape index (κ3) is 4.57. The third-order valence-electron chi connectivity index (χ3n) is 4.34. The zero-order chi connectivity index (χ0) is 20.3. The Labute approximate surface area is 168 Å². The summed E-state index contributed by atoms with van der Waals surface area (Å²) in [5, 5.41) is 5.16. The average Bonchev–Trinajstić information content (AvgIpc) is 3.07. The molecule has 1 aromatic heterocycles. The van der Waals surface area contributed by atoms with Gasteiger partial charge < -0.3 is 10.6 Å². The van der Waals surface area contributed by atoms with E-state index in [0.717, 1.165) is 10.6 Å². The Morgan fingerprint density at radius 2 is 1.96 bits per heavy atom. The van der Waals surface area contributed by atoms with Crippen molar-refractivity contribution in [3.05, 3.63) is 46.5 Å². The minimum absolute atomic E-state index is 0.175. The third-order valence-corrected chi connectivity index (χ3v) is 7.56. The molecule has 2 aromatic rings. The van der Waals surface area contributed by atoms with Gasteiger partial charge in [0.1, 0.15) is 0 Å². The van der Waals surface area contributed by atoms with Crippen LogP contribution in [0, 0.1) is 0 Å². The predicted octanol–water partition coefficient (Wildman–Crippen LogP) is 1.61. The Kier molecular flexibility index (Phi) is 6.11. The fourth-order valence-electron chi connectivity index (χ4n) is 2.76. The number of sulfonamides is 1. The molecule has 1 aliphatic rings. The van der Waals surface area contributed by atoms with E-state index in [9.17, 15) is 18.0 Å². The minimum Gasteiger partial charge on any atom is -0.343 e. The van der Waals surface area contributed by atoms with Crippen LogP contribution in [0.4, 0.5) is 5.13 Å². The number of hydrogen-bond donors (Lipinski definition) is 2. The quantitative estimate of drug-likeness (QED) is 0.735. The molecular formula is C18H22N4O4S2. The van der Waals surface area contributed by atoms with Gasteiger partial charge in [-0.15, -0.1) is 11.3 Å². The van der Waals surface area contributed by atoms with Crippen LogP contribution < -0.4 is 10.6 Å². The van der Waals surface area contributed by atoms with Crippen molar-refractivity contribution in [3.63, 3.8) is 0 Å². The number of nitrogens with one attached hydrogen (secondary N) is 2. The van der Waals surface area contributed by atoms with Crippen molar-refractivity contribution in [2.45, 2.75) is 32.1 Å². The molecule has 3 rings (SSSR count). The van der Waals surface area contributed by atoms with E-state index < -0.39 is 15.3 Å². The van der Waals surface area contributed by atoms with Gasteiger partial charge in [0.05, 0.1) is 17.5 Å². The number of amides is 2. The van der Waals surface area contributed by atoms with Crippen LogP contribution in [0.15, 0.2) is 30.3 Å². The zero-order valence-electron chi connectivity index (χ0n) is 15.6. The highest BCUT2D eigenvalue weighted by Gasteiger charge is 2.31. The van der Waals surface area contributed by atoms with Gasteiger partial charge in [-0.05, 0) is 26.0 Å². The number of anilines is 1. The first-order chi connectivity index (χ1) is 13.3. The summed E-state index contributed by atoms with van der Waals surface area (Å²) in [4.78, 5) is 29.3.